The van der Waals surface area contributed by atoms with Crippen LogP contribution >= 0.6 is 23.2 Å². The highest BCUT2D eigenvalue weighted by Gasteiger charge is 2.10. The molecule has 0 aliphatic heterocycles. The third kappa shape index (κ3) is 3.83. The minimum atomic E-state index is 0.212. The molecule has 0 aromatic heterocycles. The third-order valence-corrected chi connectivity index (χ3v) is 2.72. The summed E-state index contributed by atoms with van der Waals surface area (Å²) < 4.78 is 5.23. The Kier molecular flexibility index (Phi) is 5.91. The number of aliphatic hydroxyl groups is 1. The Hall–Kier alpha value is -0.480. The molecule has 0 bridgehead atoms. The first-order valence-electron chi connectivity index (χ1n) is 5.13. The van der Waals surface area contributed by atoms with Gasteiger partial charge in [0, 0.05) is 18.1 Å². The second-order valence-corrected chi connectivity index (χ2v) is 4.28. The highest BCUT2D eigenvalue weighted by atomic mass is 35.5. The molecule has 1 rings (SSSR count). The van der Waals surface area contributed by atoms with E-state index in [4.69, 9.17) is 33.0 Å². The van der Waals surface area contributed by atoms with Crippen molar-refractivity contribution in [3.8, 4) is 5.75 Å². The van der Waals surface area contributed by atoms with Gasteiger partial charge >= 0.3 is 0 Å². The summed E-state index contributed by atoms with van der Waals surface area (Å²) in [4.78, 5) is 0. The number of halogens is 2. The van der Waals surface area contributed by atoms with Crippen molar-refractivity contribution in [1.29, 1.82) is 0 Å². The van der Waals surface area contributed by atoms with Crippen molar-refractivity contribution in [1.82, 2.24) is 0 Å². The van der Waals surface area contributed by atoms with E-state index < -0.39 is 0 Å². The first kappa shape index (κ1) is 13.6. The molecule has 1 aromatic carbocycles. The molecule has 3 N–H and O–H groups in total. The van der Waals surface area contributed by atoms with Crippen LogP contribution < -0.4 is 10.1 Å². The lowest BCUT2D eigenvalue weighted by Gasteiger charge is -2.10. The van der Waals surface area contributed by atoms with E-state index in [9.17, 15) is 0 Å². The molecular formula is C11H16Cl2NO2+. The summed E-state index contributed by atoms with van der Waals surface area (Å²) in [6.45, 7) is 1.82. The fourth-order valence-corrected chi connectivity index (χ4v) is 2.10. The van der Waals surface area contributed by atoms with Gasteiger partial charge < -0.3 is 15.2 Å². The van der Waals surface area contributed by atoms with Gasteiger partial charge in [0.15, 0.2) is 0 Å². The Bertz CT molecular complexity index is 345. The Morgan fingerprint density at radius 1 is 1.38 bits per heavy atom. The zero-order valence-corrected chi connectivity index (χ0v) is 10.7. The standard InChI is InChI=1S/C11H15Cl2NO2/c1-16-11-8(7-14-3-2-4-15)5-9(12)6-10(11)13/h5-6,14-15H,2-4,7H2,1H3/p+1. The number of benzene rings is 1. The van der Waals surface area contributed by atoms with Crippen LogP contribution in [0.4, 0.5) is 0 Å². The Labute approximate surface area is 105 Å². The maximum Gasteiger partial charge on any atom is 0.146 e. The second kappa shape index (κ2) is 6.97. The molecule has 5 heteroatoms. The molecular weight excluding hydrogens is 249 g/mol. The van der Waals surface area contributed by atoms with Gasteiger partial charge in [-0.2, -0.15) is 0 Å². The minimum absolute atomic E-state index is 0.212. The van der Waals surface area contributed by atoms with Crippen molar-refractivity contribution in [3.05, 3.63) is 27.7 Å². The predicted octanol–water partition coefficient (Wildman–Crippen LogP) is 1.45. The van der Waals surface area contributed by atoms with E-state index in [0.717, 1.165) is 25.1 Å². The van der Waals surface area contributed by atoms with Crippen LogP contribution in [0.2, 0.25) is 10.0 Å². The number of hydrogen-bond donors (Lipinski definition) is 2. The quantitative estimate of drug-likeness (QED) is 0.765. The molecule has 0 saturated heterocycles. The van der Waals surface area contributed by atoms with Crippen molar-refractivity contribution in [3.63, 3.8) is 0 Å². The fraction of sp³-hybridized carbons (Fsp3) is 0.455. The van der Waals surface area contributed by atoms with Gasteiger partial charge in [0.1, 0.15) is 12.3 Å². The summed E-state index contributed by atoms with van der Waals surface area (Å²) in [6, 6.07) is 3.51. The molecule has 1 aromatic rings. The van der Waals surface area contributed by atoms with E-state index in [1.54, 1.807) is 13.2 Å². The van der Waals surface area contributed by atoms with E-state index >= 15 is 0 Å². The summed E-state index contributed by atoms with van der Waals surface area (Å²) in [5, 5.41) is 11.9. The summed E-state index contributed by atoms with van der Waals surface area (Å²) in [6.07, 6.45) is 0.774. The fourth-order valence-electron chi connectivity index (χ4n) is 1.49. The first-order valence-corrected chi connectivity index (χ1v) is 5.89. The van der Waals surface area contributed by atoms with Crippen molar-refractivity contribution in [2.45, 2.75) is 13.0 Å². The van der Waals surface area contributed by atoms with Gasteiger partial charge in [-0.05, 0) is 12.1 Å². The van der Waals surface area contributed by atoms with Gasteiger partial charge in [0.2, 0.25) is 0 Å². The van der Waals surface area contributed by atoms with Crippen molar-refractivity contribution < 1.29 is 15.2 Å². The van der Waals surface area contributed by atoms with Crippen LogP contribution in [0.25, 0.3) is 0 Å². The van der Waals surface area contributed by atoms with E-state index in [2.05, 4.69) is 5.32 Å². The summed E-state index contributed by atoms with van der Waals surface area (Å²) in [7, 11) is 1.59. The average molecular weight is 265 g/mol. The largest absolute Gasteiger partial charge is 0.495 e. The summed E-state index contributed by atoms with van der Waals surface area (Å²) in [5.74, 6) is 0.673. The van der Waals surface area contributed by atoms with Gasteiger partial charge in [0.25, 0.3) is 0 Å². The molecule has 0 heterocycles. The molecule has 0 amide bonds. The number of nitrogens with two attached hydrogens (primary N) is 1. The average Bonchev–Trinajstić information content (AvgIpc) is 2.24. The molecule has 0 spiro atoms. The van der Waals surface area contributed by atoms with Crippen LogP contribution in [0.3, 0.4) is 0 Å². The third-order valence-electron chi connectivity index (χ3n) is 2.22. The van der Waals surface area contributed by atoms with Gasteiger partial charge in [-0.25, -0.2) is 0 Å². The number of methoxy groups -OCH3 is 1. The van der Waals surface area contributed by atoms with Gasteiger partial charge in [-0.1, -0.05) is 23.2 Å². The number of ether oxygens (including phenoxy) is 1. The Morgan fingerprint density at radius 2 is 2.12 bits per heavy atom. The number of hydrogen-bond acceptors (Lipinski definition) is 2. The van der Waals surface area contributed by atoms with Crippen LogP contribution in [-0.2, 0) is 6.54 Å². The number of aliphatic hydroxyl groups excluding tert-OH is 1. The monoisotopic (exact) mass is 264 g/mol. The van der Waals surface area contributed by atoms with Gasteiger partial charge in [0.05, 0.1) is 24.2 Å². The van der Waals surface area contributed by atoms with Crippen LogP contribution in [0, 0.1) is 0 Å². The number of rotatable bonds is 6. The molecule has 0 saturated carbocycles. The minimum Gasteiger partial charge on any atom is -0.495 e. The number of quaternary nitrogens is 1. The molecule has 0 fully saturated rings. The summed E-state index contributed by atoms with van der Waals surface area (Å²) in [5.41, 5.74) is 0.970. The van der Waals surface area contributed by atoms with Crippen molar-refractivity contribution >= 4 is 23.2 Å². The van der Waals surface area contributed by atoms with Crippen LogP contribution in [0.1, 0.15) is 12.0 Å². The second-order valence-electron chi connectivity index (χ2n) is 3.44. The lowest BCUT2D eigenvalue weighted by atomic mass is 10.2. The zero-order chi connectivity index (χ0) is 12.0. The highest BCUT2D eigenvalue weighted by Crippen LogP contribution is 2.31. The van der Waals surface area contributed by atoms with Crippen molar-refractivity contribution in [2.75, 3.05) is 20.3 Å². The Morgan fingerprint density at radius 3 is 2.75 bits per heavy atom. The molecule has 0 radical (unpaired) electrons. The smallest absolute Gasteiger partial charge is 0.146 e. The maximum absolute atomic E-state index is 8.67. The van der Waals surface area contributed by atoms with Gasteiger partial charge in [-0.15, -0.1) is 0 Å². The van der Waals surface area contributed by atoms with Crippen LogP contribution in [-0.4, -0.2) is 25.4 Å². The SMILES string of the molecule is COc1c(Cl)cc(Cl)cc1C[NH2+]CCCO. The maximum atomic E-state index is 8.67. The van der Waals surface area contributed by atoms with Gasteiger partial charge in [-0.3, -0.25) is 0 Å². The molecule has 0 aliphatic carbocycles. The van der Waals surface area contributed by atoms with Crippen LogP contribution in [0.5, 0.6) is 5.75 Å². The highest BCUT2D eigenvalue weighted by molar-refractivity contribution is 6.35. The zero-order valence-electron chi connectivity index (χ0n) is 9.17. The van der Waals surface area contributed by atoms with E-state index in [0.29, 0.717) is 15.8 Å². The molecule has 90 valence electrons. The van der Waals surface area contributed by atoms with Crippen LogP contribution in [0.15, 0.2) is 12.1 Å². The lowest BCUT2D eigenvalue weighted by molar-refractivity contribution is -0.671. The normalized spacial score (nSPS) is 10.5. The van der Waals surface area contributed by atoms with Crippen molar-refractivity contribution in [2.24, 2.45) is 0 Å². The van der Waals surface area contributed by atoms with E-state index in [1.165, 1.54) is 0 Å². The molecule has 0 unspecified atom stereocenters. The van der Waals surface area contributed by atoms with E-state index in [1.807, 2.05) is 6.07 Å². The molecule has 0 aliphatic rings. The first-order chi connectivity index (χ1) is 7.69. The summed E-state index contributed by atoms with van der Waals surface area (Å²) >= 11 is 11.9. The molecule has 0 atom stereocenters. The predicted molar refractivity (Wildman–Crippen MR) is 65.2 cm³/mol. The lowest BCUT2D eigenvalue weighted by Crippen LogP contribution is -2.82. The Balaban J connectivity index is 2.69. The molecule has 16 heavy (non-hydrogen) atoms. The van der Waals surface area contributed by atoms with E-state index in [-0.39, 0.29) is 6.61 Å². The molecule has 3 nitrogen and oxygen atoms in total. The topological polar surface area (TPSA) is 46.1 Å².